The average Bonchev–Trinajstić information content (AvgIpc) is 2.98. The molecule has 0 saturated carbocycles. The minimum Gasteiger partial charge on any atom is -0.311 e. The molecule has 4 heteroatoms. The Balaban J connectivity index is 1.62. The molecule has 1 fully saturated rings. The van der Waals surface area contributed by atoms with Gasteiger partial charge in [0.2, 0.25) is 0 Å². The first-order chi connectivity index (χ1) is 8.79. The first-order valence-electron chi connectivity index (χ1n) is 7.26. The normalized spacial score (nSPS) is 16.6. The van der Waals surface area contributed by atoms with Crippen LogP contribution in [0.25, 0.3) is 0 Å². The average molecular weight is 250 g/mol. The van der Waals surface area contributed by atoms with Crippen LogP contribution in [0.2, 0.25) is 0 Å². The standard InChI is InChI=1S/C14H26N4/c1-3-18-14(11-13(2)16-18)12-15-7-6-10-17-8-4-5-9-17/h11,15H,3-10,12H2,1-2H3. The van der Waals surface area contributed by atoms with Crippen molar-refractivity contribution in [3.63, 3.8) is 0 Å². The summed E-state index contributed by atoms with van der Waals surface area (Å²) in [6, 6.07) is 2.18. The molecule has 0 aliphatic carbocycles. The summed E-state index contributed by atoms with van der Waals surface area (Å²) in [7, 11) is 0. The molecule has 1 aromatic rings. The minimum atomic E-state index is 0.939. The molecule has 1 N–H and O–H groups in total. The van der Waals surface area contributed by atoms with Crippen LogP contribution in [0.5, 0.6) is 0 Å². The number of likely N-dealkylation sites (tertiary alicyclic amines) is 1. The fourth-order valence-electron chi connectivity index (χ4n) is 2.67. The van der Waals surface area contributed by atoms with Gasteiger partial charge in [0.1, 0.15) is 0 Å². The molecule has 1 aliphatic heterocycles. The van der Waals surface area contributed by atoms with Gasteiger partial charge in [0.05, 0.1) is 11.4 Å². The van der Waals surface area contributed by atoms with Crippen LogP contribution >= 0.6 is 0 Å². The van der Waals surface area contributed by atoms with Crippen LogP contribution in [0.4, 0.5) is 0 Å². The van der Waals surface area contributed by atoms with Gasteiger partial charge in [0, 0.05) is 13.1 Å². The molecule has 0 bridgehead atoms. The highest BCUT2D eigenvalue weighted by atomic mass is 15.3. The molecule has 4 nitrogen and oxygen atoms in total. The summed E-state index contributed by atoms with van der Waals surface area (Å²) in [6.45, 7) is 11.1. The van der Waals surface area contributed by atoms with E-state index in [4.69, 9.17) is 0 Å². The lowest BCUT2D eigenvalue weighted by atomic mass is 10.3. The summed E-state index contributed by atoms with van der Waals surface area (Å²) in [5, 5.41) is 7.99. The number of aromatic nitrogens is 2. The second kappa shape index (κ2) is 6.90. The summed E-state index contributed by atoms with van der Waals surface area (Å²) >= 11 is 0. The molecule has 102 valence electrons. The topological polar surface area (TPSA) is 33.1 Å². The van der Waals surface area contributed by atoms with Crippen LogP contribution < -0.4 is 5.32 Å². The van der Waals surface area contributed by atoms with Gasteiger partial charge in [-0.3, -0.25) is 4.68 Å². The maximum atomic E-state index is 4.46. The molecule has 0 unspecified atom stereocenters. The smallest absolute Gasteiger partial charge is 0.0597 e. The van der Waals surface area contributed by atoms with Gasteiger partial charge < -0.3 is 10.2 Å². The third-order valence-corrected chi connectivity index (χ3v) is 3.62. The molecule has 2 heterocycles. The van der Waals surface area contributed by atoms with E-state index in [0.717, 1.165) is 25.3 Å². The van der Waals surface area contributed by atoms with Crippen LogP contribution in [-0.2, 0) is 13.1 Å². The van der Waals surface area contributed by atoms with Crippen molar-refractivity contribution < 1.29 is 0 Å². The summed E-state index contributed by atoms with van der Waals surface area (Å²) in [6.07, 6.45) is 4.03. The highest BCUT2D eigenvalue weighted by molar-refractivity contribution is 5.08. The van der Waals surface area contributed by atoms with Gasteiger partial charge in [-0.05, 0) is 65.4 Å². The van der Waals surface area contributed by atoms with E-state index in [0.29, 0.717) is 0 Å². The summed E-state index contributed by atoms with van der Waals surface area (Å²) in [5.74, 6) is 0. The lowest BCUT2D eigenvalue weighted by Crippen LogP contribution is -2.25. The predicted molar refractivity (Wildman–Crippen MR) is 74.6 cm³/mol. The first kappa shape index (κ1) is 13.6. The second-order valence-electron chi connectivity index (χ2n) is 5.17. The van der Waals surface area contributed by atoms with Crippen molar-refractivity contribution in [3.8, 4) is 0 Å². The van der Waals surface area contributed by atoms with E-state index in [-0.39, 0.29) is 0 Å². The SMILES string of the molecule is CCn1nc(C)cc1CNCCCN1CCCC1. The van der Waals surface area contributed by atoms with Crippen LogP contribution in [0, 0.1) is 6.92 Å². The molecular weight excluding hydrogens is 224 g/mol. The molecule has 1 saturated heterocycles. The van der Waals surface area contributed by atoms with Crippen molar-refractivity contribution in [1.29, 1.82) is 0 Å². The van der Waals surface area contributed by atoms with E-state index in [1.165, 1.54) is 44.6 Å². The lowest BCUT2D eigenvalue weighted by molar-refractivity contribution is 0.330. The monoisotopic (exact) mass is 250 g/mol. The summed E-state index contributed by atoms with van der Waals surface area (Å²) in [4.78, 5) is 2.57. The van der Waals surface area contributed by atoms with Gasteiger partial charge in [-0.25, -0.2) is 0 Å². The van der Waals surface area contributed by atoms with E-state index in [1.54, 1.807) is 0 Å². The number of nitrogens with zero attached hydrogens (tertiary/aromatic N) is 3. The molecule has 0 amide bonds. The fraction of sp³-hybridized carbons (Fsp3) is 0.786. The molecule has 1 aromatic heterocycles. The van der Waals surface area contributed by atoms with Crippen LogP contribution in [0.15, 0.2) is 6.07 Å². The largest absolute Gasteiger partial charge is 0.311 e. The zero-order valence-corrected chi connectivity index (χ0v) is 11.8. The van der Waals surface area contributed by atoms with Crippen molar-refractivity contribution in [3.05, 3.63) is 17.5 Å². The zero-order chi connectivity index (χ0) is 12.8. The highest BCUT2D eigenvalue weighted by Gasteiger charge is 2.10. The van der Waals surface area contributed by atoms with E-state index in [2.05, 4.69) is 39.9 Å². The van der Waals surface area contributed by atoms with Crippen molar-refractivity contribution in [2.75, 3.05) is 26.2 Å². The Bertz CT molecular complexity index is 353. The Morgan fingerprint density at radius 2 is 2.11 bits per heavy atom. The van der Waals surface area contributed by atoms with Crippen molar-refractivity contribution in [2.24, 2.45) is 0 Å². The number of aryl methyl sites for hydroxylation is 2. The third-order valence-electron chi connectivity index (χ3n) is 3.62. The third kappa shape index (κ3) is 3.82. The van der Waals surface area contributed by atoms with E-state index in [1.807, 2.05) is 0 Å². The Labute approximate surface area is 110 Å². The first-order valence-corrected chi connectivity index (χ1v) is 7.26. The van der Waals surface area contributed by atoms with Gasteiger partial charge in [0.15, 0.2) is 0 Å². The van der Waals surface area contributed by atoms with Crippen LogP contribution in [-0.4, -0.2) is 40.9 Å². The molecule has 18 heavy (non-hydrogen) atoms. The van der Waals surface area contributed by atoms with Gasteiger partial charge in [-0.15, -0.1) is 0 Å². The van der Waals surface area contributed by atoms with Crippen LogP contribution in [0.1, 0.15) is 37.6 Å². The second-order valence-corrected chi connectivity index (χ2v) is 5.17. The molecule has 2 rings (SSSR count). The number of hydrogen-bond donors (Lipinski definition) is 1. The van der Waals surface area contributed by atoms with Crippen LogP contribution in [0.3, 0.4) is 0 Å². The van der Waals surface area contributed by atoms with E-state index < -0.39 is 0 Å². The Morgan fingerprint density at radius 1 is 1.33 bits per heavy atom. The van der Waals surface area contributed by atoms with Crippen molar-refractivity contribution in [1.82, 2.24) is 20.0 Å². The van der Waals surface area contributed by atoms with Crippen molar-refractivity contribution >= 4 is 0 Å². The fourth-order valence-corrected chi connectivity index (χ4v) is 2.67. The number of rotatable bonds is 7. The van der Waals surface area contributed by atoms with E-state index in [9.17, 15) is 0 Å². The van der Waals surface area contributed by atoms with E-state index >= 15 is 0 Å². The highest BCUT2D eigenvalue weighted by Crippen LogP contribution is 2.07. The number of nitrogens with one attached hydrogen (secondary N) is 1. The van der Waals surface area contributed by atoms with Gasteiger partial charge >= 0.3 is 0 Å². The maximum absolute atomic E-state index is 4.46. The molecule has 0 atom stereocenters. The lowest BCUT2D eigenvalue weighted by Gasteiger charge is -2.14. The Kier molecular flexibility index (Phi) is 5.20. The molecule has 0 spiro atoms. The number of hydrogen-bond acceptors (Lipinski definition) is 3. The molecular formula is C14H26N4. The van der Waals surface area contributed by atoms with Gasteiger partial charge in [-0.1, -0.05) is 0 Å². The van der Waals surface area contributed by atoms with Crippen molar-refractivity contribution in [2.45, 2.75) is 46.2 Å². The summed E-state index contributed by atoms with van der Waals surface area (Å²) in [5.41, 5.74) is 2.42. The predicted octanol–water partition coefficient (Wildman–Crippen LogP) is 1.79. The molecule has 0 aromatic carbocycles. The Morgan fingerprint density at radius 3 is 2.83 bits per heavy atom. The quantitative estimate of drug-likeness (QED) is 0.749. The van der Waals surface area contributed by atoms with Gasteiger partial charge in [-0.2, -0.15) is 5.10 Å². The Hall–Kier alpha value is -0.870. The molecule has 1 aliphatic rings. The van der Waals surface area contributed by atoms with Gasteiger partial charge in [0.25, 0.3) is 0 Å². The summed E-state index contributed by atoms with van der Waals surface area (Å²) < 4.78 is 2.09. The zero-order valence-electron chi connectivity index (χ0n) is 11.8. The maximum Gasteiger partial charge on any atom is 0.0597 e. The minimum absolute atomic E-state index is 0.939. The molecule has 0 radical (unpaired) electrons.